The van der Waals surface area contributed by atoms with Gasteiger partial charge in [0.1, 0.15) is 0 Å². The number of nitrogens with one attached hydrogen (secondary N) is 1. The number of nitrogens with zero attached hydrogens (tertiary/aromatic N) is 1. The molecule has 1 N–H and O–H groups in total. The lowest BCUT2D eigenvalue weighted by Crippen LogP contribution is -2.40. The van der Waals surface area contributed by atoms with E-state index in [1.807, 2.05) is 6.07 Å². The van der Waals surface area contributed by atoms with Crippen LogP contribution in [-0.4, -0.2) is 45.4 Å². The number of sulfonamides is 1. The lowest BCUT2D eigenvalue weighted by Gasteiger charge is -2.30. The minimum Gasteiger partial charge on any atom is -0.469 e. The fourth-order valence-electron chi connectivity index (χ4n) is 3.09. The predicted molar refractivity (Wildman–Crippen MR) is 89.4 cm³/mol. The number of anilines is 1. The maximum Gasteiger partial charge on any atom is 0.308 e. The van der Waals surface area contributed by atoms with Gasteiger partial charge in [0.25, 0.3) is 0 Å². The molecule has 2 heterocycles. The van der Waals surface area contributed by atoms with Crippen molar-refractivity contribution in [3.05, 3.63) is 23.8 Å². The molecule has 0 atom stereocenters. The van der Waals surface area contributed by atoms with Crippen LogP contribution >= 0.6 is 12.4 Å². The van der Waals surface area contributed by atoms with Crippen molar-refractivity contribution in [1.29, 1.82) is 0 Å². The van der Waals surface area contributed by atoms with Crippen molar-refractivity contribution in [3.63, 3.8) is 0 Å². The van der Waals surface area contributed by atoms with E-state index in [1.54, 1.807) is 12.1 Å². The molecule has 0 unspecified atom stereocenters. The SMILES string of the molecule is COC(=O)C1CCN(S(=O)(=O)c2ccc3c(c2)CCN3)CC1.Cl. The fourth-order valence-corrected chi connectivity index (χ4v) is 4.61. The Bertz CT molecular complexity index is 685. The van der Waals surface area contributed by atoms with Gasteiger partial charge >= 0.3 is 5.97 Å². The minimum absolute atomic E-state index is 0. The number of piperidine rings is 1. The van der Waals surface area contributed by atoms with E-state index in [1.165, 1.54) is 11.4 Å². The number of carbonyl (C=O) groups is 1. The monoisotopic (exact) mass is 360 g/mol. The average molecular weight is 361 g/mol. The van der Waals surface area contributed by atoms with Gasteiger partial charge in [0.05, 0.1) is 17.9 Å². The van der Waals surface area contributed by atoms with Crippen LogP contribution in [-0.2, 0) is 26.0 Å². The topological polar surface area (TPSA) is 75.7 Å². The molecule has 0 bridgehead atoms. The Balaban J connectivity index is 0.00000192. The van der Waals surface area contributed by atoms with Crippen molar-refractivity contribution < 1.29 is 17.9 Å². The highest BCUT2D eigenvalue weighted by Crippen LogP contribution is 2.29. The second-order valence-electron chi connectivity index (χ2n) is 5.70. The number of methoxy groups -OCH3 is 1. The van der Waals surface area contributed by atoms with E-state index in [9.17, 15) is 13.2 Å². The zero-order valence-corrected chi connectivity index (χ0v) is 14.6. The van der Waals surface area contributed by atoms with Crippen molar-refractivity contribution in [2.24, 2.45) is 5.92 Å². The first-order valence-electron chi connectivity index (χ1n) is 7.47. The summed E-state index contributed by atoms with van der Waals surface area (Å²) in [5.41, 5.74) is 2.06. The van der Waals surface area contributed by atoms with Gasteiger partial charge in [-0.1, -0.05) is 0 Å². The zero-order chi connectivity index (χ0) is 15.7. The molecule has 1 aromatic carbocycles. The van der Waals surface area contributed by atoms with Crippen LogP contribution in [0.1, 0.15) is 18.4 Å². The molecule has 1 fully saturated rings. The Kier molecular flexibility index (Phi) is 5.54. The minimum atomic E-state index is -3.49. The predicted octanol–water partition coefficient (Wildman–Crippen LogP) is 1.65. The maximum atomic E-state index is 12.7. The molecular weight excluding hydrogens is 340 g/mol. The number of fused-ring (bicyclic) bond motifs is 1. The number of hydrogen-bond donors (Lipinski definition) is 1. The molecule has 3 rings (SSSR count). The van der Waals surface area contributed by atoms with Gasteiger partial charge in [-0.2, -0.15) is 4.31 Å². The number of esters is 1. The van der Waals surface area contributed by atoms with Gasteiger partial charge < -0.3 is 10.1 Å². The second-order valence-corrected chi connectivity index (χ2v) is 7.64. The summed E-state index contributed by atoms with van der Waals surface area (Å²) < 4.78 is 31.6. The molecule has 0 spiro atoms. The highest BCUT2D eigenvalue weighted by molar-refractivity contribution is 7.89. The van der Waals surface area contributed by atoms with Crippen LogP contribution in [0, 0.1) is 5.92 Å². The quantitative estimate of drug-likeness (QED) is 0.829. The third kappa shape index (κ3) is 3.46. The van der Waals surface area contributed by atoms with Crippen LogP contribution < -0.4 is 5.32 Å². The van der Waals surface area contributed by atoms with Crippen molar-refractivity contribution in [2.45, 2.75) is 24.2 Å². The number of halogens is 1. The second kappa shape index (κ2) is 7.07. The average Bonchev–Trinajstić information content (AvgIpc) is 3.01. The van der Waals surface area contributed by atoms with Gasteiger partial charge in [-0.3, -0.25) is 4.79 Å². The highest BCUT2D eigenvalue weighted by Gasteiger charge is 2.32. The van der Waals surface area contributed by atoms with E-state index in [0.717, 1.165) is 24.2 Å². The van der Waals surface area contributed by atoms with Crippen LogP contribution in [0.2, 0.25) is 0 Å². The van der Waals surface area contributed by atoms with E-state index in [0.29, 0.717) is 30.8 Å². The van der Waals surface area contributed by atoms with E-state index < -0.39 is 10.0 Å². The van der Waals surface area contributed by atoms with Gasteiger partial charge in [0.2, 0.25) is 10.0 Å². The summed E-state index contributed by atoms with van der Waals surface area (Å²) in [6.45, 7) is 1.57. The fraction of sp³-hybridized carbons (Fsp3) is 0.533. The van der Waals surface area contributed by atoms with Crippen molar-refractivity contribution >= 4 is 34.1 Å². The summed E-state index contributed by atoms with van der Waals surface area (Å²) in [5.74, 6) is -0.443. The molecule has 1 aromatic rings. The Labute approximate surface area is 142 Å². The summed E-state index contributed by atoms with van der Waals surface area (Å²) in [7, 11) is -2.12. The first-order valence-corrected chi connectivity index (χ1v) is 8.91. The first-order chi connectivity index (χ1) is 10.5. The molecule has 0 aliphatic carbocycles. The number of ether oxygens (including phenoxy) is 1. The third-order valence-corrected chi connectivity index (χ3v) is 6.31. The molecule has 128 valence electrons. The molecule has 1 saturated heterocycles. The maximum absolute atomic E-state index is 12.7. The summed E-state index contributed by atoms with van der Waals surface area (Å²) in [5, 5.41) is 3.22. The Morgan fingerprint density at radius 2 is 2.00 bits per heavy atom. The zero-order valence-electron chi connectivity index (χ0n) is 12.9. The molecule has 2 aliphatic heterocycles. The normalized spacial score (nSPS) is 18.7. The largest absolute Gasteiger partial charge is 0.469 e. The number of carbonyl (C=O) groups excluding carboxylic acids is 1. The Hall–Kier alpha value is -1.31. The van der Waals surface area contributed by atoms with Crippen LogP contribution in [0.4, 0.5) is 5.69 Å². The van der Waals surface area contributed by atoms with E-state index in [4.69, 9.17) is 4.74 Å². The molecule has 0 amide bonds. The molecule has 6 nitrogen and oxygen atoms in total. The van der Waals surface area contributed by atoms with Crippen LogP contribution in [0.15, 0.2) is 23.1 Å². The van der Waals surface area contributed by atoms with Gasteiger partial charge in [0.15, 0.2) is 0 Å². The summed E-state index contributed by atoms with van der Waals surface area (Å²) in [6, 6.07) is 5.24. The van der Waals surface area contributed by atoms with Crippen LogP contribution in [0.5, 0.6) is 0 Å². The molecule has 23 heavy (non-hydrogen) atoms. The van der Waals surface area contributed by atoms with Crippen LogP contribution in [0.3, 0.4) is 0 Å². The molecule has 2 aliphatic rings. The molecule has 8 heteroatoms. The smallest absolute Gasteiger partial charge is 0.308 e. The van der Waals surface area contributed by atoms with Crippen molar-refractivity contribution in [2.75, 3.05) is 32.1 Å². The van der Waals surface area contributed by atoms with Crippen molar-refractivity contribution in [3.8, 4) is 0 Å². The third-order valence-electron chi connectivity index (χ3n) is 4.41. The summed E-state index contributed by atoms with van der Waals surface area (Å²) >= 11 is 0. The van der Waals surface area contributed by atoms with Gasteiger partial charge in [-0.05, 0) is 43.0 Å². The number of benzene rings is 1. The Morgan fingerprint density at radius 3 is 2.65 bits per heavy atom. The summed E-state index contributed by atoms with van der Waals surface area (Å²) in [6.07, 6.45) is 1.87. The van der Waals surface area contributed by atoms with Gasteiger partial charge in [0, 0.05) is 25.3 Å². The van der Waals surface area contributed by atoms with Gasteiger partial charge in [-0.25, -0.2) is 8.42 Å². The first kappa shape index (κ1) is 18.0. The van der Waals surface area contributed by atoms with Gasteiger partial charge in [-0.15, -0.1) is 12.4 Å². The lowest BCUT2D eigenvalue weighted by atomic mass is 9.99. The van der Waals surface area contributed by atoms with E-state index >= 15 is 0 Å². The number of hydrogen-bond acceptors (Lipinski definition) is 5. The van der Waals surface area contributed by atoms with Crippen molar-refractivity contribution in [1.82, 2.24) is 4.31 Å². The summed E-state index contributed by atoms with van der Waals surface area (Å²) in [4.78, 5) is 11.9. The van der Waals surface area contributed by atoms with Crippen LogP contribution in [0.25, 0.3) is 0 Å². The van der Waals surface area contributed by atoms with E-state index in [2.05, 4.69) is 5.32 Å². The molecule has 0 aromatic heterocycles. The molecule has 0 radical (unpaired) electrons. The number of rotatable bonds is 3. The molecule has 0 saturated carbocycles. The lowest BCUT2D eigenvalue weighted by molar-refractivity contribution is -0.146. The Morgan fingerprint density at radius 1 is 1.30 bits per heavy atom. The molecular formula is C15H21ClN2O4S. The van der Waals surface area contributed by atoms with E-state index in [-0.39, 0.29) is 24.3 Å². The highest BCUT2D eigenvalue weighted by atomic mass is 35.5. The standard InChI is InChI=1S/C15H20N2O4S.ClH/c1-21-15(18)11-5-8-17(9-6-11)22(19,20)13-2-3-14-12(10-13)4-7-16-14;/h2-3,10-11,16H,4-9H2,1H3;1H.